The zero-order chi connectivity index (χ0) is 18.5. The van der Waals surface area contributed by atoms with Gasteiger partial charge < -0.3 is 14.4 Å². The summed E-state index contributed by atoms with van der Waals surface area (Å²) in [5.74, 6) is 2.40. The lowest BCUT2D eigenvalue weighted by molar-refractivity contribution is -0.119. The minimum atomic E-state index is 0.164. The Balaban J connectivity index is 1.73. The zero-order valence-electron chi connectivity index (χ0n) is 15.8. The molecule has 0 spiro atoms. The number of amides is 1. The number of nitrogens with zero attached hydrogens (tertiary/aromatic N) is 1. The first-order chi connectivity index (χ1) is 12.6. The topological polar surface area (TPSA) is 38.8 Å². The van der Waals surface area contributed by atoms with Crippen molar-refractivity contribution < 1.29 is 14.3 Å². The number of ether oxygens (including phenoxy) is 2. The van der Waals surface area contributed by atoms with Crippen molar-refractivity contribution in [2.24, 2.45) is 5.92 Å². The zero-order valence-corrected chi connectivity index (χ0v) is 15.8. The molecule has 0 aliphatic heterocycles. The van der Waals surface area contributed by atoms with Crippen molar-refractivity contribution in [1.82, 2.24) is 0 Å². The van der Waals surface area contributed by atoms with Crippen LogP contribution in [-0.2, 0) is 11.2 Å². The van der Waals surface area contributed by atoms with E-state index in [1.54, 1.807) is 14.2 Å². The van der Waals surface area contributed by atoms with Crippen molar-refractivity contribution in [2.45, 2.75) is 38.6 Å². The van der Waals surface area contributed by atoms with Gasteiger partial charge in [-0.15, -0.1) is 0 Å². The van der Waals surface area contributed by atoms with Gasteiger partial charge >= 0.3 is 0 Å². The van der Waals surface area contributed by atoms with Crippen LogP contribution in [0.15, 0.2) is 48.5 Å². The van der Waals surface area contributed by atoms with Gasteiger partial charge in [0, 0.05) is 18.2 Å². The number of hydrogen-bond donors (Lipinski definition) is 0. The third kappa shape index (κ3) is 4.37. The van der Waals surface area contributed by atoms with Crippen LogP contribution in [0.2, 0.25) is 0 Å². The number of hydrogen-bond acceptors (Lipinski definition) is 3. The first-order valence-corrected chi connectivity index (χ1v) is 9.21. The van der Waals surface area contributed by atoms with E-state index in [1.165, 1.54) is 12.8 Å². The molecule has 0 radical (unpaired) electrons. The molecule has 4 nitrogen and oxygen atoms in total. The molecule has 1 unspecified atom stereocenters. The van der Waals surface area contributed by atoms with Crippen LogP contribution >= 0.6 is 0 Å². The summed E-state index contributed by atoms with van der Waals surface area (Å²) < 4.78 is 10.5. The molecule has 0 saturated heterocycles. The van der Waals surface area contributed by atoms with Crippen molar-refractivity contribution in [3.05, 3.63) is 54.1 Å². The van der Waals surface area contributed by atoms with Crippen LogP contribution in [-0.4, -0.2) is 26.2 Å². The highest BCUT2D eigenvalue weighted by molar-refractivity contribution is 5.94. The van der Waals surface area contributed by atoms with Gasteiger partial charge in [0.25, 0.3) is 0 Å². The molecule has 0 bridgehead atoms. The lowest BCUT2D eigenvalue weighted by Gasteiger charge is -2.30. The summed E-state index contributed by atoms with van der Waals surface area (Å²) in [5.41, 5.74) is 2.06. The van der Waals surface area contributed by atoms with Gasteiger partial charge in [-0.1, -0.05) is 12.1 Å². The molecule has 4 heteroatoms. The molecule has 1 amide bonds. The molecule has 0 heterocycles. The summed E-state index contributed by atoms with van der Waals surface area (Å²) in [6.07, 6.45) is 3.60. The predicted octanol–water partition coefficient (Wildman–Crippen LogP) is 4.47. The molecule has 1 fully saturated rings. The predicted molar refractivity (Wildman–Crippen MR) is 104 cm³/mol. The van der Waals surface area contributed by atoms with Crippen molar-refractivity contribution in [2.75, 3.05) is 19.1 Å². The second-order valence-electron chi connectivity index (χ2n) is 6.89. The van der Waals surface area contributed by atoms with Crippen LogP contribution < -0.4 is 14.4 Å². The Bertz CT molecular complexity index is 737. The maximum Gasteiger partial charge on any atom is 0.227 e. The standard InChI is InChI=1S/C22H27NO3/c1-16(18-8-9-18)23(19-10-12-20(25-2)13-11-19)22(24)14-7-17-5-4-6-21(15-17)26-3/h4-6,10-13,15-16,18H,7-9,14H2,1-3H3. The van der Waals surface area contributed by atoms with E-state index in [2.05, 4.69) is 6.92 Å². The molecule has 0 aromatic heterocycles. The monoisotopic (exact) mass is 353 g/mol. The Kier molecular flexibility index (Phi) is 5.82. The third-order valence-electron chi connectivity index (χ3n) is 5.09. The van der Waals surface area contributed by atoms with E-state index in [0.29, 0.717) is 18.8 Å². The molecular formula is C22H27NO3. The normalized spacial score (nSPS) is 14.6. The van der Waals surface area contributed by atoms with Crippen LogP contribution in [0.25, 0.3) is 0 Å². The second-order valence-corrected chi connectivity index (χ2v) is 6.89. The van der Waals surface area contributed by atoms with Crippen LogP contribution in [0.1, 0.15) is 31.7 Å². The average Bonchev–Trinajstić information content (AvgIpc) is 3.52. The Labute approximate surface area is 155 Å². The second kappa shape index (κ2) is 8.26. The third-order valence-corrected chi connectivity index (χ3v) is 5.09. The molecule has 1 aliphatic rings. The van der Waals surface area contributed by atoms with Gasteiger partial charge in [-0.3, -0.25) is 4.79 Å². The number of methoxy groups -OCH3 is 2. The minimum absolute atomic E-state index is 0.164. The highest BCUT2D eigenvalue weighted by Gasteiger charge is 2.34. The summed E-state index contributed by atoms with van der Waals surface area (Å²) in [6, 6.07) is 15.9. The first kappa shape index (κ1) is 18.3. The first-order valence-electron chi connectivity index (χ1n) is 9.21. The number of benzene rings is 2. The molecule has 3 rings (SSSR count). The fourth-order valence-corrected chi connectivity index (χ4v) is 3.34. The van der Waals surface area contributed by atoms with E-state index in [9.17, 15) is 4.79 Å². The number of rotatable bonds is 8. The molecule has 1 aliphatic carbocycles. The minimum Gasteiger partial charge on any atom is -0.497 e. The van der Waals surface area contributed by atoms with Gasteiger partial charge in [0.2, 0.25) is 5.91 Å². The van der Waals surface area contributed by atoms with Crippen molar-refractivity contribution >= 4 is 11.6 Å². The fraction of sp³-hybridized carbons (Fsp3) is 0.409. The van der Waals surface area contributed by atoms with Crippen LogP contribution in [0.3, 0.4) is 0 Å². The highest BCUT2D eigenvalue weighted by Crippen LogP contribution is 2.37. The van der Waals surface area contributed by atoms with Gasteiger partial charge in [-0.2, -0.15) is 0 Å². The number of carbonyl (C=O) groups is 1. The number of carbonyl (C=O) groups excluding carboxylic acids is 1. The Morgan fingerprint density at radius 3 is 2.38 bits per heavy atom. The van der Waals surface area contributed by atoms with Gasteiger partial charge in [-0.25, -0.2) is 0 Å². The SMILES string of the molecule is COc1ccc(N(C(=O)CCc2cccc(OC)c2)C(C)C2CC2)cc1. The van der Waals surface area contributed by atoms with E-state index < -0.39 is 0 Å². The van der Waals surface area contributed by atoms with Crippen LogP contribution in [0, 0.1) is 5.92 Å². The molecule has 1 atom stereocenters. The summed E-state index contributed by atoms with van der Waals surface area (Å²) >= 11 is 0. The van der Waals surface area contributed by atoms with Crippen molar-refractivity contribution in [3.63, 3.8) is 0 Å². The van der Waals surface area contributed by atoms with Gasteiger partial charge in [-0.05, 0) is 74.1 Å². The quantitative estimate of drug-likeness (QED) is 0.703. The largest absolute Gasteiger partial charge is 0.497 e. The van der Waals surface area contributed by atoms with Crippen LogP contribution in [0.4, 0.5) is 5.69 Å². The molecule has 0 N–H and O–H groups in total. The summed E-state index contributed by atoms with van der Waals surface area (Å²) in [6.45, 7) is 2.16. The van der Waals surface area contributed by atoms with E-state index in [-0.39, 0.29) is 11.9 Å². The maximum atomic E-state index is 13.1. The maximum absolute atomic E-state index is 13.1. The summed E-state index contributed by atoms with van der Waals surface area (Å²) in [4.78, 5) is 15.0. The average molecular weight is 353 g/mol. The number of anilines is 1. The van der Waals surface area contributed by atoms with E-state index >= 15 is 0 Å². The van der Waals surface area contributed by atoms with E-state index in [1.807, 2.05) is 53.4 Å². The molecule has 1 saturated carbocycles. The van der Waals surface area contributed by atoms with Gasteiger partial charge in [0.1, 0.15) is 11.5 Å². The fourth-order valence-electron chi connectivity index (χ4n) is 3.34. The van der Waals surface area contributed by atoms with Crippen LogP contribution in [0.5, 0.6) is 11.5 Å². The summed E-state index contributed by atoms with van der Waals surface area (Å²) in [7, 11) is 3.31. The van der Waals surface area contributed by atoms with E-state index in [0.717, 1.165) is 22.7 Å². The highest BCUT2D eigenvalue weighted by atomic mass is 16.5. The Morgan fingerprint density at radius 1 is 1.08 bits per heavy atom. The van der Waals surface area contributed by atoms with Gasteiger partial charge in [0.05, 0.1) is 14.2 Å². The molecule has 2 aromatic carbocycles. The van der Waals surface area contributed by atoms with E-state index in [4.69, 9.17) is 9.47 Å². The molecular weight excluding hydrogens is 326 g/mol. The smallest absolute Gasteiger partial charge is 0.227 e. The van der Waals surface area contributed by atoms with Crippen molar-refractivity contribution in [1.29, 1.82) is 0 Å². The lowest BCUT2D eigenvalue weighted by atomic mass is 10.1. The number of aryl methyl sites for hydroxylation is 1. The molecule has 138 valence electrons. The van der Waals surface area contributed by atoms with Gasteiger partial charge in [0.15, 0.2) is 0 Å². The molecule has 26 heavy (non-hydrogen) atoms. The van der Waals surface area contributed by atoms with Crippen molar-refractivity contribution in [3.8, 4) is 11.5 Å². The summed E-state index contributed by atoms with van der Waals surface area (Å²) in [5, 5.41) is 0. The molecule has 2 aromatic rings. The lowest BCUT2D eigenvalue weighted by Crippen LogP contribution is -2.40. The Morgan fingerprint density at radius 2 is 1.77 bits per heavy atom. The Hall–Kier alpha value is -2.49.